The van der Waals surface area contributed by atoms with Crippen LogP contribution in [0.5, 0.6) is 0 Å². The normalized spacial score (nSPS) is 26.9. The van der Waals surface area contributed by atoms with E-state index in [2.05, 4.69) is 0 Å². The lowest BCUT2D eigenvalue weighted by Crippen LogP contribution is -2.36. The van der Waals surface area contributed by atoms with Crippen molar-refractivity contribution in [3.05, 3.63) is 0 Å². The van der Waals surface area contributed by atoms with Crippen LogP contribution >= 0.6 is 11.8 Å². The second-order valence-electron chi connectivity index (χ2n) is 4.81. The molecule has 2 N–H and O–H groups in total. The summed E-state index contributed by atoms with van der Waals surface area (Å²) in [5, 5.41) is 0. The van der Waals surface area contributed by atoms with Crippen molar-refractivity contribution < 1.29 is 19.0 Å². The third-order valence-electron chi connectivity index (χ3n) is 3.66. The van der Waals surface area contributed by atoms with Crippen LogP contribution in [-0.4, -0.2) is 56.3 Å². The fraction of sp³-hybridized carbons (Fsp3) is 0.818. The number of esters is 1. The molecule has 3 atom stereocenters. The Morgan fingerprint density at radius 2 is 2.37 bits per heavy atom. The summed E-state index contributed by atoms with van der Waals surface area (Å²) in [4.78, 5) is 25.8. The van der Waals surface area contributed by atoms with Gasteiger partial charge in [0.2, 0.25) is 5.91 Å². The largest absolute Gasteiger partial charge is 0.469 e. The smallest absolute Gasteiger partial charge is 0.308 e. The van der Waals surface area contributed by atoms with E-state index < -0.39 is 0 Å². The Morgan fingerprint density at radius 1 is 1.58 bits per heavy atom. The predicted octanol–water partition coefficient (Wildman–Crippen LogP) is -0.599. The highest BCUT2D eigenvalue weighted by molar-refractivity contribution is 7.99. The molecule has 0 aromatic carbocycles. The maximum atomic E-state index is 12.4. The SMILES string of the molecule is COC(=O)C1CC1C(BOCN)C(=O)N1CCSC1. The van der Waals surface area contributed by atoms with Crippen molar-refractivity contribution >= 4 is 31.1 Å². The summed E-state index contributed by atoms with van der Waals surface area (Å²) in [7, 11) is 1.66. The molecule has 1 aliphatic heterocycles. The number of carbonyl (C=O) groups is 2. The van der Waals surface area contributed by atoms with Gasteiger partial charge in [-0.25, -0.2) is 0 Å². The molecule has 6 nitrogen and oxygen atoms in total. The zero-order valence-electron chi connectivity index (χ0n) is 11.0. The molecule has 2 rings (SSSR count). The molecule has 1 saturated heterocycles. The fourth-order valence-electron chi connectivity index (χ4n) is 2.48. The average Bonchev–Trinajstić information content (AvgIpc) is 3.01. The molecule has 1 saturated carbocycles. The van der Waals surface area contributed by atoms with E-state index in [-0.39, 0.29) is 43.7 Å². The lowest BCUT2D eigenvalue weighted by atomic mass is 9.74. The van der Waals surface area contributed by atoms with Crippen molar-refractivity contribution in [2.75, 3.05) is 32.0 Å². The molecular weight excluding hydrogens is 267 g/mol. The molecule has 1 amide bonds. The van der Waals surface area contributed by atoms with Crippen LogP contribution in [0.4, 0.5) is 0 Å². The van der Waals surface area contributed by atoms with Gasteiger partial charge in [0.25, 0.3) is 7.48 Å². The molecule has 0 spiro atoms. The topological polar surface area (TPSA) is 81.9 Å². The number of thioether (sulfide) groups is 1. The summed E-state index contributed by atoms with van der Waals surface area (Å²) < 4.78 is 9.94. The van der Waals surface area contributed by atoms with Gasteiger partial charge in [-0.3, -0.25) is 9.59 Å². The Balaban J connectivity index is 1.96. The highest BCUT2D eigenvalue weighted by atomic mass is 32.2. The van der Waals surface area contributed by atoms with Crippen LogP contribution in [0.2, 0.25) is 5.82 Å². The van der Waals surface area contributed by atoms with Gasteiger partial charge in [-0.05, 0) is 12.3 Å². The summed E-state index contributed by atoms with van der Waals surface area (Å²) in [6.45, 7) is 0.867. The molecule has 19 heavy (non-hydrogen) atoms. The van der Waals surface area contributed by atoms with Gasteiger partial charge in [0, 0.05) is 18.1 Å². The number of carbonyl (C=O) groups excluding carboxylic acids is 2. The zero-order chi connectivity index (χ0) is 13.8. The van der Waals surface area contributed by atoms with Gasteiger partial charge in [0.15, 0.2) is 0 Å². The highest BCUT2D eigenvalue weighted by Gasteiger charge is 2.52. The molecule has 2 aliphatic rings. The first-order valence-electron chi connectivity index (χ1n) is 6.41. The van der Waals surface area contributed by atoms with Gasteiger partial charge in [-0.15, -0.1) is 11.8 Å². The van der Waals surface area contributed by atoms with Crippen LogP contribution in [0.3, 0.4) is 0 Å². The number of rotatable bonds is 6. The van der Waals surface area contributed by atoms with Gasteiger partial charge in [-0.1, -0.05) is 0 Å². The first kappa shape index (κ1) is 14.7. The second kappa shape index (κ2) is 6.63. The summed E-state index contributed by atoms with van der Waals surface area (Å²) in [6, 6.07) is 0. The lowest BCUT2D eigenvalue weighted by molar-refractivity contribution is -0.142. The molecule has 8 heteroatoms. The van der Waals surface area contributed by atoms with Gasteiger partial charge >= 0.3 is 5.97 Å². The third-order valence-corrected chi connectivity index (χ3v) is 4.62. The summed E-state index contributed by atoms with van der Waals surface area (Å²) in [5.41, 5.74) is 5.33. The van der Waals surface area contributed by atoms with Gasteiger partial charge in [0.05, 0.1) is 25.6 Å². The molecule has 0 aromatic rings. The minimum Gasteiger partial charge on any atom is -0.469 e. The van der Waals surface area contributed by atoms with E-state index in [0.29, 0.717) is 6.42 Å². The van der Waals surface area contributed by atoms with Crippen LogP contribution in [0, 0.1) is 11.8 Å². The predicted molar refractivity (Wildman–Crippen MR) is 73.7 cm³/mol. The van der Waals surface area contributed by atoms with Crippen molar-refractivity contribution in [2.24, 2.45) is 17.6 Å². The van der Waals surface area contributed by atoms with E-state index in [1.54, 1.807) is 11.8 Å². The van der Waals surface area contributed by atoms with E-state index >= 15 is 0 Å². The van der Waals surface area contributed by atoms with E-state index in [1.165, 1.54) is 7.11 Å². The Morgan fingerprint density at radius 3 is 2.95 bits per heavy atom. The highest BCUT2D eigenvalue weighted by Crippen LogP contribution is 2.48. The van der Waals surface area contributed by atoms with E-state index in [1.807, 2.05) is 4.90 Å². The minimum atomic E-state index is -0.272. The molecule has 0 aromatic heterocycles. The Hall–Kier alpha value is -0.725. The lowest BCUT2D eigenvalue weighted by Gasteiger charge is -2.21. The quantitative estimate of drug-likeness (QED) is 0.399. The van der Waals surface area contributed by atoms with Crippen LogP contribution in [0.25, 0.3) is 0 Å². The van der Waals surface area contributed by atoms with E-state index in [4.69, 9.17) is 15.1 Å². The number of hydrogen-bond donors (Lipinski definition) is 1. The maximum Gasteiger partial charge on any atom is 0.308 e. The first-order chi connectivity index (χ1) is 9.19. The molecule has 3 unspecified atom stereocenters. The van der Waals surface area contributed by atoms with Crippen LogP contribution in [0.15, 0.2) is 0 Å². The van der Waals surface area contributed by atoms with Crippen LogP contribution < -0.4 is 5.73 Å². The van der Waals surface area contributed by atoms with Crippen molar-refractivity contribution in [1.82, 2.24) is 4.90 Å². The summed E-state index contributed by atoms with van der Waals surface area (Å²) >= 11 is 1.74. The number of nitrogens with two attached hydrogens (primary N) is 1. The molecular formula is C11H19BN2O4S. The Labute approximate surface area is 117 Å². The van der Waals surface area contributed by atoms with Crippen molar-refractivity contribution in [2.45, 2.75) is 12.2 Å². The minimum absolute atomic E-state index is 0.0390. The number of methoxy groups -OCH3 is 1. The van der Waals surface area contributed by atoms with Crippen LogP contribution in [-0.2, 0) is 19.0 Å². The summed E-state index contributed by atoms with van der Waals surface area (Å²) in [6.07, 6.45) is 0.706. The summed E-state index contributed by atoms with van der Waals surface area (Å²) in [5.74, 6) is 1.16. The Bertz CT molecular complexity index is 352. The van der Waals surface area contributed by atoms with Gasteiger partial charge in [0.1, 0.15) is 0 Å². The standard InChI is InChI=1S/C11H19BN2O4S/c1-17-11(16)8-4-7(8)9(12-18-5-13)10(15)14-2-3-19-6-14/h7-9,12H,2-6,13H2,1H3. The fourth-order valence-corrected chi connectivity index (χ4v) is 3.43. The van der Waals surface area contributed by atoms with Crippen molar-refractivity contribution in [3.63, 3.8) is 0 Å². The number of nitrogens with zero attached hydrogens (tertiary/aromatic N) is 1. The van der Waals surface area contributed by atoms with Crippen molar-refractivity contribution in [3.8, 4) is 0 Å². The van der Waals surface area contributed by atoms with E-state index in [9.17, 15) is 9.59 Å². The molecule has 0 radical (unpaired) electrons. The number of ether oxygens (including phenoxy) is 1. The van der Waals surface area contributed by atoms with Crippen LogP contribution in [0.1, 0.15) is 6.42 Å². The first-order valence-corrected chi connectivity index (χ1v) is 7.56. The van der Waals surface area contributed by atoms with E-state index in [0.717, 1.165) is 18.2 Å². The number of amides is 1. The van der Waals surface area contributed by atoms with Gasteiger partial charge in [-0.2, -0.15) is 0 Å². The monoisotopic (exact) mass is 286 g/mol. The molecule has 1 heterocycles. The Kier molecular flexibility index (Phi) is 5.12. The maximum absolute atomic E-state index is 12.4. The third kappa shape index (κ3) is 3.43. The van der Waals surface area contributed by atoms with Gasteiger partial charge < -0.3 is 20.0 Å². The van der Waals surface area contributed by atoms with Crippen molar-refractivity contribution in [1.29, 1.82) is 0 Å². The molecule has 1 aliphatic carbocycles. The second-order valence-corrected chi connectivity index (χ2v) is 5.89. The molecule has 0 bridgehead atoms. The average molecular weight is 286 g/mol. The molecule has 106 valence electrons. The number of hydrogen-bond acceptors (Lipinski definition) is 6. The molecule has 2 fully saturated rings. The zero-order valence-corrected chi connectivity index (χ0v) is 11.9.